The lowest BCUT2D eigenvalue weighted by Gasteiger charge is -2.16. The summed E-state index contributed by atoms with van der Waals surface area (Å²) in [4.78, 5) is 35.1. The standard InChI is InChI=1S/C15H21NO2S.C13H17NO2S.C13H15NO2.C4H11O2PS2.H2O/c1-6-19-14(16)13-8-12(15(17)18-5)10(4)7-11(13)9(2)3;1-7(2)9-5-8(3)10(13(15)16-4)6-11(9)12(14)17;1-8(2)11-5-9(3)12(13(15)16-4)6-10(11)7-14;1-3-5-7(8,9)6-4-2;/h7-9,16H,6H2,1-5H3;5-7H,1-4H3,(H2,14,17);5-6,8H,1-4H3;3-4H2,1-2H3,(H,8,9);1H2. The average molecular weight is 952 g/mol. The Morgan fingerprint density at radius 3 is 1.35 bits per heavy atom. The summed E-state index contributed by atoms with van der Waals surface area (Å²) >= 11 is 15.4. The van der Waals surface area contributed by atoms with Crippen LogP contribution in [0.2, 0.25) is 0 Å². The number of thiocarbonyl (C=S) groups is 1. The molecule has 0 aliphatic rings. The molecule has 0 saturated carbocycles. The number of esters is 3. The van der Waals surface area contributed by atoms with E-state index in [1.807, 2.05) is 73.6 Å². The van der Waals surface area contributed by atoms with Crippen LogP contribution in [-0.2, 0) is 35.1 Å². The van der Waals surface area contributed by atoms with E-state index in [4.69, 9.17) is 59.0 Å². The summed E-state index contributed by atoms with van der Waals surface area (Å²) in [6, 6.07) is 13.1. The first kappa shape index (κ1) is 60.4. The largest absolute Gasteiger partial charge is 0.465 e. The Morgan fingerprint density at radius 1 is 0.710 bits per heavy atom. The summed E-state index contributed by atoms with van der Waals surface area (Å²) < 4.78 is 24.3. The van der Waals surface area contributed by atoms with Crippen LogP contribution in [0.1, 0.15) is 161 Å². The number of benzene rings is 3. The molecule has 0 amide bonds. The predicted octanol–water partition coefficient (Wildman–Crippen LogP) is 10.7. The highest BCUT2D eigenvalue weighted by Gasteiger charge is 2.19. The Labute approximate surface area is 389 Å². The van der Waals surface area contributed by atoms with Crippen LogP contribution in [0.4, 0.5) is 0 Å². The van der Waals surface area contributed by atoms with E-state index in [0.717, 1.165) is 50.3 Å². The average Bonchev–Trinajstić information content (AvgIpc) is 3.20. The van der Waals surface area contributed by atoms with Crippen molar-refractivity contribution >= 4 is 81.7 Å². The van der Waals surface area contributed by atoms with Gasteiger partial charge >= 0.3 is 17.9 Å². The molecule has 5 N–H and O–H groups in total. The summed E-state index contributed by atoms with van der Waals surface area (Å²) in [7, 11) is 4.08. The smallest absolute Gasteiger partial charge is 0.338 e. The quantitative estimate of drug-likeness (QED) is 0.0278. The van der Waals surface area contributed by atoms with E-state index >= 15 is 0 Å². The van der Waals surface area contributed by atoms with Gasteiger partial charge in [0.2, 0.25) is 5.69 Å². The zero-order valence-electron chi connectivity index (χ0n) is 38.7. The number of nitriles is 1. The molecular formula is C45H66N3O9PS4. The van der Waals surface area contributed by atoms with Crippen molar-refractivity contribution in [3.63, 3.8) is 0 Å². The number of ether oxygens (including phenoxy) is 3. The van der Waals surface area contributed by atoms with Gasteiger partial charge in [-0.3, -0.25) is 5.41 Å². The van der Waals surface area contributed by atoms with Crippen LogP contribution in [0.3, 0.4) is 0 Å². The normalized spacial score (nSPS) is 10.4. The van der Waals surface area contributed by atoms with E-state index in [1.54, 1.807) is 18.2 Å². The number of hydrogen-bond donors (Lipinski definition) is 3. The van der Waals surface area contributed by atoms with Gasteiger partial charge in [-0.1, -0.05) is 91.1 Å². The fraction of sp³-hybridized carbons (Fsp3) is 0.467. The van der Waals surface area contributed by atoms with Crippen LogP contribution in [0.25, 0.3) is 0 Å². The van der Waals surface area contributed by atoms with Crippen molar-refractivity contribution < 1.29 is 43.1 Å². The fourth-order valence-corrected chi connectivity index (χ4v) is 8.56. The first-order chi connectivity index (χ1) is 28.4. The van der Waals surface area contributed by atoms with Crippen molar-refractivity contribution in [3.05, 3.63) is 103 Å². The third-order valence-electron chi connectivity index (χ3n) is 8.78. The molecule has 0 aliphatic carbocycles. The molecule has 62 heavy (non-hydrogen) atoms. The van der Waals surface area contributed by atoms with E-state index in [-0.39, 0.29) is 23.3 Å². The summed E-state index contributed by atoms with van der Waals surface area (Å²) in [6.07, 6.45) is 0. The molecule has 12 nitrogen and oxygen atoms in total. The van der Waals surface area contributed by atoms with Gasteiger partial charge in [0.1, 0.15) is 4.99 Å². The number of thioether (sulfide) groups is 1. The van der Waals surface area contributed by atoms with Crippen molar-refractivity contribution in [2.75, 3.05) is 40.3 Å². The molecule has 0 spiro atoms. The number of methoxy groups -OCH3 is 3. The monoisotopic (exact) mass is 951 g/mol. The van der Waals surface area contributed by atoms with E-state index in [9.17, 15) is 14.4 Å². The molecule has 0 saturated heterocycles. The zero-order valence-corrected chi connectivity index (χ0v) is 43.0. The first-order valence-corrected chi connectivity index (χ1v) is 24.8. The summed E-state index contributed by atoms with van der Waals surface area (Å²) in [5, 5.41) is 17.7. The predicted molar refractivity (Wildman–Crippen MR) is 266 cm³/mol. The number of rotatable bonds is 13. The Morgan fingerprint density at radius 2 is 1.05 bits per heavy atom. The summed E-state index contributed by atoms with van der Waals surface area (Å²) in [5.74, 6) is 0.621. The maximum absolute atomic E-state index is 11.7. The highest BCUT2D eigenvalue weighted by Crippen LogP contribution is 2.52. The highest BCUT2D eigenvalue weighted by atomic mass is 32.9. The zero-order chi connectivity index (χ0) is 47.4. The van der Waals surface area contributed by atoms with Gasteiger partial charge in [0, 0.05) is 11.1 Å². The van der Waals surface area contributed by atoms with Gasteiger partial charge in [-0.05, 0) is 122 Å². The summed E-state index contributed by atoms with van der Waals surface area (Å²) in [6.45, 7) is 24.9. The fourth-order valence-electron chi connectivity index (χ4n) is 5.71. The Balaban J connectivity index is 0. The second-order valence-electron chi connectivity index (χ2n) is 14.2. The maximum atomic E-state index is 11.7. The van der Waals surface area contributed by atoms with E-state index in [1.165, 1.54) is 33.1 Å². The van der Waals surface area contributed by atoms with Crippen LogP contribution < -0.4 is 5.73 Å². The number of hydrogen-bond acceptors (Lipinski definition) is 13. The maximum Gasteiger partial charge on any atom is 0.338 e. The Kier molecular flexibility index (Phi) is 28.9. The molecule has 0 fully saturated rings. The number of aryl methyl sites for hydroxylation is 3. The molecule has 344 valence electrons. The number of carbonyl (C=O) groups excluding carboxylic acids is 3. The van der Waals surface area contributed by atoms with Crippen LogP contribution in [0.15, 0.2) is 36.4 Å². The van der Waals surface area contributed by atoms with E-state index in [2.05, 4.69) is 50.7 Å². The third kappa shape index (κ3) is 19.0. The second kappa shape index (κ2) is 29.7. The van der Waals surface area contributed by atoms with Crippen molar-refractivity contribution in [2.45, 2.75) is 101 Å². The molecule has 3 aromatic rings. The highest BCUT2D eigenvalue weighted by molar-refractivity contribution is 8.60. The number of nitrogens with two attached hydrogens (primary N) is 1. The molecule has 17 heteroatoms. The van der Waals surface area contributed by atoms with Crippen molar-refractivity contribution in [3.8, 4) is 6.07 Å². The molecule has 3 rings (SSSR count). The van der Waals surface area contributed by atoms with Crippen LogP contribution in [-0.4, -0.2) is 73.7 Å². The molecule has 0 bridgehead atoms. The first-order valence-electron chi connectivity index (χ1n) is 19.6. The number of nitrogens with one attached hydrogen (secondary N) is 1. The molecule has 0 aliphatic heterocycles. The summed E-state index contributed by atoms with van der Waals surface area (Å²) in [5.41, 5.74) is 12.9. The lowest BCUT2D eigenvalue weighted by molar-refractivity contribution is 0.0591. The van der Waals surface area contributed by atoms with Gasteiger partial charge < -0.3 is 34.5 Å². The van der Waals surface area contributed by atoms with E-state index in [0.29, 0.717) is 57.3 Å². The van der Waals surface area contributed by atoms with Gasteiger partial charge in [-0.15, -0.1) is 11.8 Å². The van der Waals surface area contributed by atoms with Gasteiger partial charge in [0.15, 0.2) is 0 Å². The minimum Gasteiger partial charge on any atom is -0.465 e. The van der Waals surface area contributed by atoms with Gasteiger partial charge in [-0.2, -0.15) is 5.26 Å². The Bertz CT molecular complexity index is 2090. The van der Waals surface area contributed by atoms with Crippen LogP contribution >= 0.6 is 41.9 Å². The topological polar surface area (TPSA) is 203 Å². The van der Waals surface area contributed by atoms with Crippen molar-refractivity contribution in [2.24, 2.45) is 5.73 Å². The minimum absolute atomic E-state index is 0. The molecule has 3 aromatic carbocycles. The van der Waals surface area contributed by atoms with Crippen molar-refractivity contribution in [1.29, 1.82) is 10.7 Å². The van der Waals surface area contributed by atoms with Gasteiger partial charge in [0.05, 0.1) is 67.9 Å². The molecule has 0 atom stereocenters. The number of thiol groups is 1. The second-order valence-corrected chi connectivity index (χ2v) is 21.2. The van der Waals surface area contributed by atoms with Crippen LogP contribution in [0.5, 0.6) is 0 Å². The van der Waals surface area contributed by atoms with Crippen molar-refractivity contribution in [1.82, 2.24) is 0 Å². The number of carbonyl (C=O) groups is 3. The Hall–Kier alpha value is -3.65. The third-order valence-corrected chi connectivity index (χ3v) is 12.3. The molecular weight excluding hydrogens is 886 g/mol. The van der Waals surface area contributed by atoms with E-state index < -0.39 is 11.7 Å². The molecule has 0 unspecified atom stereocenters. The lowest BCUT2D eigenvalue weighted by Crippen LogP contribution is -2.16. The number of nitrogens with zero attached hydrogens (tertiary/aromatic N) is 1. The molecule has 0 aromatic heterocycles. The molecule has 0 radical (unpaired) electrons. The van der Waals surface area contributed by atoms with Crippen LogP contribution in [0, 0.1) is 37.5 Å². The SMILES string of the molecule is CCOP(=S)(S)OCC.CCSC(=N)c1cc(C(=O)OC)c(C)cc1C(C)C.COC(=O)c1cc(C#N)c(C(C)C)cc1C.COC(=O)c1cc(C(N)=S)c(C(C)C)cc1C.O. The lowest BCUT2D eigenvalue weighted by atomic mass is 9.92. The molecule has 0 heterocycles. The van der Waals surface area contributed by atoms with Gasteiger partial charge in [0.25, 0.3) is 0 Å². The van der Waals surface area contributed by atoms with Gasteiger partial charge in [-0.25, -0.2) is 14.4 Å². The minimum atomic E-state index is -2.16.